The van der Waals surface area contributed by atoms with E-state index >= 15 is 0 Å². The average Bonchev–Trinajstić information content (AvgIpc) is 2.37. The predicted molar refractivity (Wildman–Crippen MR) is 77.2 cm³/mol. The zero-order valence-corrected chi connectivity index (χ0v) is 11.7. The Bertz CT molecular complexity index is 539. The van der Waals surface area contributed by atoms with Crippen LogP contribution in [0.5, 0.6) is 5.75 Å². The van der Waals surface area contributed by atoms with Gasteiger partial charge in [0, 0.05) is 0 Å². The zero-order valence-electron chi connectivity index (χ0n) is 11.7. The van der Waals surface area contributed by atoms with Gasteiger partial charge in [-0.3, -0.25) is 0 Å². The number of hydrogen-bond donors (Lipinski definition) is 1. The first-order chi connectivity index (χ1) is 8.97. The SMILES string of the molecule is Cc1cc(C(C)(C)O)ccc1OCc1ccccc1. The molecule has 0 fully saturated rings. The highest BCUT2D eigenvalue weighted by Gasteiger charge is 2.16. The smallest absolute Gasteiger partial charge is 0.122 e. The third-order valence-corrected chi connectivity index (χ3v) is 3.12. The van der Waals surface area contributed by atoms with E-state index in [0.717, 1.165) is 22.4 Å². The molecule has 0 heterocycles. The fourth-order valence-electron chi connectivity index (χ4n) is 1.93. The number of ether oxygens (including phenoxy) is 1. The van der Waals surface area contributed by atoms with Crippen LogP contribution in [-0.4, -0.2) is 5.11 Å². The Labute approximate surface area is 114 Å². The maximum atomic E-state index is 9.97. The number of benzene rings is 2. The van der Waals surface area contributed by atoms with E-state index in [4.69, 9.17) is 4.74 Å². The molecule has 2 aromatic rings. The van der Waals surface area contributed by atoms with Crippen molar-refractivity contribution in [3.63, 3.8) is 0 Å². The van der Waals surface area contributed by atoms with Crippen molar-refractivity contribution in [2.75, 3.05) is 0 Å². The molecule has 0 radical (unpaired) electrons. The summed E-state index contributed by atoms with van der Waals surface area (Å²) in [6, 6.07) is 15.9. The Balaban J connectivity index is 2.10. The van der Waals surface area contributed by atoms with Gasteiger partial charge in [-0.05, 0) is 49.6 Å². The van der Waals surface area contributed by atoms with Crippen LogP contribution in [0.3, 0.4) is 0 Å². The summed E-state index contributed by atoms with van der Waals surface area (Å²) in [6.45, 7) is 6.12. The van der Waals surface area contributed by atoms with Crippen LogP contribution < -0.4 is 4.74 Å². The van der Waals surface area contributed by atoms with Gasteiger partial charge in [-0.1, -0.05) is 36.4 Å². The van der Waals surface area contributed by atoms with Gasteiger partial charge in [0.15, 0.2) is 0 Å². The molecule has 0 aliphatic carbocycles. The van der Waals surface area contributed by atoms with Gasteiger partial charge < -0.3 is 9.84 Å². The Morgan fingerprint density at radius 1 is 1.05 bits per heavy atom. The molecule has 0 unspecified atom stereocenters. The van der Waals surface area contributed by atoms with Gasteiger partial charge >= 0.3 is 0 Å². The molecule has 1 N–H and O–H groups in total. The third kappa shape index (κ3) is 3.58. The van der Waals surface area contributed by atoms with Crippen molar-refractivity contribution in [1.82, 2.24) is 0 Å². The van der Waals surface area contributed by atoms with Gasteiger partial charge in [0.25, 0.3) is 0 Å². The molecular weight excluding hydrogens is 236 g/mol. The lowest BCUT2D eigenvalue weighted by Gasteiger charge is -2.19. The van der Waals surface area contributed by atoms with E-state index in [-0.39, 0.29) is 0 Å². The number of aliphatic hydroxyl groups is 1. The molecule has 2 nitrogen and oxygen atoms in total. The molecule has 0 saturated carbocycles. The molecule has 2 rings (SSSR count). The first-order valence-electron chi connectivity index (χ1n) is 6.47. The van der Waals surface area contributed by atoms with Crippen LogP contribution >= 0.6 is 0 Å². The second-order valence-corrected chi connectivity index (χ2v) is 5.31. The topological polar surface area (TPSA) is 29.5 Å². The highest BCUT2D eigenvalue weighted by atomic mass is 16.5. The highest BCUT2D eigenvalue weighted by Crippen LogP contribution is 2.26. The fraction of sp³-hybridized carbons (Fsp3) is 0.294. The van der Waals surface area contributed by atoms with E-state index in [1.54, 1.807) is 13.8 Å². The van der Waals surface area contributed by atoms with Gasteiger partial charge in [0.1, 0.15) is 12.4 Å². The first kappa shape index (κ1) is 13.6. The second kappa shape index (κ2) is 5.45. The Morgan fingerprint density at radius 2 is 1.74 bits per heavy atom. The van der Waals surface area contributed by atoms with Gasteiger partial charge in [0.05, 0.1) is 5.60 Å². The maximum absolute atomic E-state index is 9.97. The minimum Gasteiger partial charge on any atom is -0.489 e. The highest BCUT2D eigenvalue weighted by molar-refractivity contribution is 5.38. The van der Waals surface area contributed by atoms with Crippen LogP contribution in [0.1, 0.15) is 30.5 Å². The molecule has 0 aliphatic heterocycles. The van der Waals surface area contributed by atoms with Crippen molar-refractivity contribution in [2.24, 2.45) is 0 Å². The molecule has 0 saturated heterocycles. The molecule has 100 valence electrons. The summed E-state index contributed by atoms with van der Waals surface area (Å²) in [5.74, 6) is 0.858. The van der Waals surface area contributed by atoms with E-state index in [1.165, 1.54) is 0 Å². The molecule has 0 aliphatic rings. The van der Waals surface area contributed by atoms with Gasteiger partial charge in [0.2, 0.25) is 0 Å². The predicted octanol–water partition coefficient (Wildman–Crippen LogP) is 3.80. The van der Waals surface area contributed by atoms with E-state index in [0.29, 0.717) is 6.61 Å². The van der Waals surface area contributed by atoms with Crippen LogP contribution in [0.15, 0.2) is 48.5 Å². The minimum atomic E-state index is -0.817. The summed E-state index contributed by atoms with van der Waals surface area (Å²) in [5.41, 5.74) is 2.27. The Morgan fingerprint density at radius 3 is 2.32 bits per heavy atom. The van der Waals surface area contributed by atoms with Crippen molar-refractivity contribution in [3.8, 4) is 5.75 Å². The average molecular weight is 256 g/mol. The summed E-state index contributed by atoms with van der Waals surface area (Å²) < 4.78 is 5.81. The molecule has 0 amide bonds. The summed E-state index contributed by atoms with van der Waals surface area (Å²) >= 11 is 0. The van der Waals surface area contributed by atoms with Gasteiger partial charge in [-0.15, -0.1) is 0 Å². The maximum Gasteiger partial charge on any atom is 0.122 e. The summed E-state index contributed by atoms with van der Waals surface area (Å²) in [7, 11) is 0. The zero-order chi connectivity index (χ0) is 13.9. The van der Waals surface area contributed by atoms with Gasteiger partial charge in [-0.25, -0.2) is 0 Å². The molecule has 0 spiro atoms. The summed E-state index contributed by atoms with van der Waals surface area (Å²) in [5, 5.41) is 9.97. The number of rotatable bonds is 4. The van der Waals surface area contributed by atoms with Gasteiger partial charge in [-0.2, -0.15) is 0 Å². The van der Waals surface area contributed by atoms with Crippen molar-refractivity contribution >= 4 is 0 Å². The Hall–Kier alpha value is -1.80. The molecular formula is C17H20O2. The second-order valence-electron chi connectivity index (χ2n) is 5.31. The van der Waals surface area contributed by atoms with Crippen LogP contribution in [-0.2, 0) is 12.2 Å². The van der Waals surface area contributed by atoms with E-state index in [9.17, 15) is 5.11 Å². The van der Waals surface area contributed by atoms with Crippen molar-refractivity contribution < 1.29 is 9.84 Å². The van der Waals surface area contributed by atoms with E-state index < -0.39 is 5.60 Å². The lowest BCUT2D eigenvalue weighted by atomic mass is 9.96. The van der Waals surface area contributed by atoms with Crippen molar-refractivity contribution in [3.05, 3.63) is 65.2 Å². The monoisotopic (exact) mass is 256 g/mol. The largest absolute Gasteiger partial charge is 0.489 e. The number of aryl methyl sites for hydroxylation is 1. The number of hydrogen-bond acceptors (Lipinski definition) is 2. The van der Waals surface area contributed by atoms with Crippen LogP contribution in [0.2, 0.25) is 0 Å². The van der Waals surface area contributed by atoms with Crippen molar-refractivity contribution in [2.45, 2.75) is 33.0 Å². The lowest BCUT2D eigenvalue weighted by Crippen LogP contribution is -2.15. The lowest BCUT2D eigenvalue weighted by molar-refractivity contribution is 0.0784. The molecule has 0 atom stereocenters. The summed E-state index contributed by atoms with van der Waals surface area (Å²) in [4.78, 5) is 0. The Kier molecular flexibility index (Phi) is 3.91. The molecule has 2 aromatic carbocycles. The minimum absolute atomic E-state index is 0.559. The summed E-state index contributed by atoms with van der Waals surface area (Å²) in [6.07, 6.45) is 0. The van der Waals surface area contributed by atoms with E-state index in [1.807, 2.05) is 55.5 Å². The van der Waals surface area contributed by atoms with Crippen LogP contribution in [0.4, 0.5) is 0 Å². The quantitative estimate of drug-likeness (QED) is 0.901. The van der Waals surface area contributed by atoms with E-state index in [2.05, 4.69) is 0 Å². The first-order valence-corrected chi connectivity index (χ1v) is 6.47. The fourth-order valence-corrected chi connectivity index (χ4v) is 1.93. The molecule has 2 heteroatoms. The molecule has 0 bridgehead atoms. The normalized spacial score (nSPS) is 11.4. The van der Waals surface area contributed by atoms with Crippen LogP contribution in [0.25, 0.3) is 0 Å². The van der Waals surface area contributed by atoms with Crippen molar-refractivity contribution in [1.29, 1.82) is 0 Å². The third-order valence-electron chi connectivity index (χ3n) is 3.12. The van der Waals surface area contributed by atoms with Crippen LogP contribution in [0, 0.1) is 6.92 Å². The molecule has 19 heavy (non-hydrogen) atoms. The molecule has 0 aromatic heterocycles. The standard InChI is InChI=1S/C17H20O2/c1-13-11-15(17(2,3)18)9-10-16(13)19-12-14-7-5-4-6-8-14/h4-11,18H,12H2,1-3H3.